The summed E-state index contributed by atoms with van der Waals surface area (Å²) in [5.41, 5.74) is -4.06. The van der Waals surface area contributed by atoms with Crippen LogP contribution >= 0.6 is 45.3 Å². The maximum Gasteiger partial charge on any atom is 0.407 e. The molecular formula is C30H29F6IN2O8S2. The van der Waals surface area contributed by atoms with Gasteiger partial charge in [0.1, 0.15) is 26.4 Å². The van der Waals surface area contributed by atoms with Gasteiger partial charge in [0.15, 0.2) is 0 Å². The van der Waals surface area contributed by atoms with Crippen molar-refractivity contribution in [2.24, 2.45) is 0 Å². The lowest BCUT2D eigenvalue weighted by Crippen LogP contribution is -2.48. The number of allylic oxidation sites excluding steroid dienone is 2. The minimum atomic E-state index is -5.81. The summed E-state index contributed by atoms with van der Waals surface area (Å²) in [5.74, 6) is -17.8. The van der Waals surface area contributed by atoms with Gasteiger partial charge in [-0.25, -0.2) is 19.2 Å². The molecule has 0 fully saturated rings. The third-order valence-electron chi connectivity index (χ3n) is 6.51. The third-order valence-corrected chi connectivity index (χ3v) is 9.67. The van der Waals surface area contributed by atoms with Crippen molar-refractivity contribution in [1.82, 2.24) is 10.6 Å². The second kappa shape index (κ2) is 16.0. The zero-order valence-electron chi connectivity index (χ0n) is 26.0. The molecule has 268 valence electrons. The van der Waals surface area contributed by atoms with Crippen LogP contribution < -0.4 is 10.6 Å². The van der Waals surface area contributed by atoms with Crippen LogP contribution in [0.15, 0.2) is 36.4 Å². The number of alkyl halides is 6. The Hall–Kier alpha value is -3.59. The first-order chi connectivity index (χ1) is 22.7. The highest BCUT2D eigenvalue weighted by atomic mass is 127. The van der Waals surface area contributed by atoms with Gasteiger partial charge in [0.05, 0.1) is 16.0 Å². The number of rotatable bonds is 14. The second-order valence-corrected chi connectivity index (χ2v) is 14.7. The number of esters is 2. The molecule has 0 aliphatic heterocycles. The van der Waals surface area contributed by atoms with Gasteiger partial charge in [0.25, 0.3) is 0 Å². The lowest BCUT2D eigenvalue weighted by Gasteiger charge is -2.25. The van der Waals surface area contributed by atoms with Crippen molar-refractivity contribution in [3.63, 3.8) is 0 Å². The van der Waals surface area contributed by atoms with E-state index in [0.29, 0.717) is 0 Å². The van der Waals surface area contributed by atoms with Crippen LogP contribution in [0.5, 0.6) is 0 Å². The number of carbonyl (C=O) groups excluding carboxylic acids is 4. The summed E-state index contributed by atoms with van der Waals surface area (Å²) in [6.07, 6.45) is -1.96. The summed E-state index contributed by atoms with van der Waals surface area (Å²) in [7, 11) is 0. The highest BCUT2D eigenvalue weighted by molar-refractivity contribution is 14.1. The number of carbonyl (C=O) groups is 4. The van der Waals surface area contributed by atoms with Crippen LogP contribution in [0.2, 0.25) is 0 Å². The van der Waals surface area contributed by atoms with Crippen LogP contribution in [0, 0.1) is 9.81 Å². The number of hydrogen-bond acceptors (Lipinski definition) is 10. The average molecular weight is 851 g/mol. The van der Waals surface area contributed by atoms with Crippen LogP contribution in [-0.2, 0) is 41.8 Å². The Kier molecular flexibility index (Phi) is 13.0. The highest BCUT2D eigenvalue weighted by Gasteiger charge is 2.80. The number of ether oxygens (including phenoxy) is 4. The fourth-order valence-electron chi connectivity index (χ4n) is 4.17. The Labute approximate surface area is 297 Å². The molecule has 19 heteroatoms. The number of thiophene rings is 2. The minimum Gasteiger partial charge on any atom is -0.460 e. The molecule has 2 heterocycles. The fraction of sp³-hybridized carbons (Fsp3) is 0.400. The van der Waals surface area contributed by atoms with Gasteiger partial charge in [-0.05, 0) is 61.1 Å². The molecule has 1 aliphatic carbocycles. The molecule has 2 amide bonds. The molecule has 0 unspecified atom stereocenters. The van der Waals surface area contributed by atoms with Crippen molar-refractivity contribution < 1.29 is 64.5 Å². The molecule has 2 aromatic heterocycles. The van der Waals surface area contributed by atoms with Gasteiger partial charge < -0.3 is 29.6 Å². The average Bonchev–Trinajstić information content (AvgIpc) is 3.60. The maximum atomic E-state index is 15.4. The topological polar surface area (TPSA) is 129 Å². The van der Waals surface area contributed by atoms with Crippen molar-refractivity contribution in [3.05, 3.63) is 65.1 Å². The standard InChI is InChI=1S/C30H29F6IN2O8S2/c1-14(2)24(40)44-8-6-38-26(42)46-12-17-10-19(16(5)48-17)21-22(29(33,34)30(35,36)28(21,31)32)20-11-18(49-23(20)37)13-47-27(43)39-7-9-45-25(41)15(3)4/h10-11H,1,3,6-9,12-13H2,2,4-5H3,(H,38,42)(H,39,43). The SMILES string of the molecule is C=C(C)C(=O)OCCNC(=O)OCc1cc(C2=C(c3cc(COC(=O)NCCOC(=O)C(=C)C)sc3I)C(F)(F)C(F)(F)C2(F)F)c(C)s1. The van der Waals surface area contributed by atoms with Crippen LogP contribution in [-0.4, -0.2) is 68.2 Å². The molecule has 1 aliphatic rings. The number of halogens is 7. The predicted octanol–water partition coefficient (Wildman–Crippen LogP) is 7.24. The van der Waals surface area contributed by atoms with Gasteiger partial charge in [-0.15, -0.1) is 22.7 Å². The molecule has 2 N–H and O–H groups in total. The summed E-state index contributed by atoms with van der Waals surface area (Å²) in [6, 6.07) is 1.95. The first-order valence-corrected chi connectivity index (χ1v) is 16.7. The molecule has 0 saturated carbocycles. The normalized spacial score (nSPS) is 15.7. The van der Waals surface area contributed by atoms with E-state index in [1.165, 1.54) is 20.8 Å². The van der Waals surface area contributed by atoms with E-state index < -0.39 is 77.4 Å². The van der Waals surface area contributed by atoms with E-state index in [4.69, 9.17) is 18.9 Å². The summed E-state index contributed by atoms with van der Waals surface area (Å²) in [6.45, 7) is 9.23. The van der Waals surface area contributed by atoms with Crippen LogP contribution in [0.4, 0.5) is 35.9 Å². The molecule has 2 aromatic rings. The van der Waals surface area contributed by atoms with E-state index in [0.717, 1.165) is 34.8 Å². The van der Waals surface area contributed by atoms with Crippen molar-refractivity contribution in [1.29, 1.82) is 0 Å². The lowest BCUT2D eigenvalue weighted by molar-refractivity contribution is -0.254. The van der Waals surface area contributed by atoms with Crippen LogP contribution in [0.3, 0.4) is 0 Å². The Balaban J connectivity index is 1.80. The first kappa shape index (κ1) is 39.8. The van der Waals surface area contributed by atoms with E-state index in [-0.39, 0.29) is 55.0 Å². The molecule has 0 saturated heterocycles. The van der Waals surface area contributed by atoms with E-state index in [1.807, 2.05) is 0 Å². The van der Waals surface area contributed by atoms with E-state index in [1.54, 1.807) is 22.6 Å². The Bertz CT molecular complexity index is 1570. The predicted molar refractivity (Wildman–Crippen MR) is 176 cm³/mol. The monoisotopic (exact) mass is 850 g/mol. The van der Waals surface area contributed by atoms with Crippen LogP contribution in [0.25, 0.3) is 11.1 Å². The Morgan fingerprint density at radius 3 is 1.59 bits per heavy atom. The number of nitrogens with one attached hydrogen (secondary N) is 2. The second-order valence-electron chi connectivity index (χ2n) is 10.4. The van der Waals surface area contributed by atoms with E-state index >= 15 is 17.6 Å². The number of alkyl carbamates (subject to hydrolysis) is 2. The molecule has 0 aromatic carbocycles. The fourth-order valence-corrected chi connectivity index (χ4v) is 7.20. The molecule has 0 spiro atoms. The van der Waals surface area contributed by atoms with E-state index in [2.05, 4.69) is 23.8 Å². The first-order valence-electron chi connectivity index (χ1n) is 14.0. The highest BCUT2D eigenvalue weighted by Crippen LogP contribution is 2.65. The zero-order valence-corrected chi connectivity index (χ0v) is 29.8. The largest absolute Gasteiger partial charge is 0.460 e. The van der Waals surface area contributed by atoms with Crippen molar-refractivity contribution >= 4 is 80.5 Å². The quantitative estimate of drug-likeness (QED) is 0.0509. The van der Waals surface area contributed by atoms with Crippen molar-refractivity contribution in [2.75, 3.05) is 26.3 Å². The number of aryl methyl sites for hydroxylation is 1. The van der Waals surface area contributed by atoms with Gasteiger partial charge in [0.2, 0.25) is 0 Å². The summed E-state index contributed by atoms with van der Waals surface area (Å²) >= 11 is 3.08. The minimum absolute atomic E-state index is 0.0224. The summed E-state index contributed by atoms with van der Waals surface area (Å²) in [5, 5.41) is 4.57. The van der Waals surface area contributed by atoms with Crippen molar-refractivity contribution in [3.8, 4) is 0 Å². The van der Waals surface area contributed by atoms with Crippen molar-refractivity contribution in [2.45, 2.75) is 51.8 Å². The van der Waals surface area contributed by atoms with Gasteiger partial charge in [-0.2, -0.15) is 26.3 Å². The van der Waals surface area contributed by atoms with Gasteiger partial charge >= 0.3 is 41.9 Å². The molecule has 0 bridgehead atoms. The Morgan fingerprint density at radius 1 is 0.735 bits per heavy atom. The Morgan fingerprint density at radius 2 is 1.14 bits per heavy atom. The molecular weight excluding hydrogens is 821 g/mol. The zero-order chi connectivity index (χ0) is 36.9. The van der Waals surface area contributed by atoms with Gasteiger partial charge in [0, 0.05) is 42.5 Å². The third kappa shape index (κ3) is 8.96. The number of amides is 2. The smallest absolute Gasteiger partial charge is 0.407 e. The summed E-state index contributed by atoms with van der Waals surface area (Å²) < 4.78 is 111. The number of hydrogen-bond donors (Lipinski definition) is 2. The molecule has 49 heavy (non-hydrogen) atoms. The molecule has 3 rings (SSSR count). The summed E-state index contributed by atoms with van der Waals surface area (Å²) in [4.78, 5) is 47.0. The maximum absolute atomic E-state index is 15.4. The van der Waals surface area contributed by atoms with E-state index in [9.17, 15) is 28.0 Å². The van der Waals surface area contributed by atoms with Gasteiger partial charge in [-0.1, -0.05) is 13.2 Å². The molecule has 0 radical (unpaired) electrons. The van der Waals surface area contributed by atoms with Crippen LogP contribution in [0.1, 0.15) is 39.6 Å². The van der Waals surface area contributed by atoms with Gasteiger partial charge in [-0.3, -0.25) is 0 Å². The lowest BCUT2D eigenvalue weighted by atomic mass is 9.96. The molecule has 10 nitrogen and oxygen atoms in total. The molecule has 0 atom stereocenters.